The molecule has 1 aliphatic rings. The maximum atomic E-state index is 6.81. The van der Waals surface area contributed by atoms with Gasteiger partial charge < -0.3 is 23.4 Å². The molecule has 7 heteroatoms. The Hall–Kier alpha value is -1.54. The van der Waals surface area contributed by atoms with Crippen LogP contribution in [-0.4, -0.2) is 56.6 Å². The Morgan fingerprint density at radius 2 is 1.36 bits per heavy atom. The fourth-order valence-electron chi connectivity index (χ4n) is 5.65. The molecule has 1 aliphatic heterocycles. The van der Waals surface area contributed by atoms with E-state index in [-0.39, 0.29) is 28.8 Å². The largest absolute Gasteiger partial charge is 0.461 e. The van der Waals surface area contributed by atoms with Crippen molar-refractivity contribution in [1.82, 2.24) is 0 Å². The van der Waals surface area contributed by atoms with Crippen LogP contribution in [0.5, 0.6) is 0 Å². The van der Waals surface area contributed by atoms with Crippen LogP contribution >= 0.6 is 23.4 Å². The Morgan fingerprint density at radius 3 is 2.05 bits per heavy atom. The number of fused-ring (bicyclic) bond motifs is 1. The minimum atomic E-state index is -0.184. The van der Waals surface area contributed by atoms with Gasteiger partial charge in [0.25, 0.3) is 0 Å². The van der Waals surface area contributed by atoms with Gasteiger partial charge in [-0.25, -0.2) is 0 Å². The zero-order valence-corrected chi connectivity index (χ0v) is 28.8. The number of furan rings is 1. The summed E-state index contributed by atoms with van der Waals surface area (Å²) in [5.41, 5.74) is 3.15. The molecule has 44 heavy (non-hydrogen) atoms. The first-order valence-electron chi connectivity index (χ1n) is 16.9. The van der Waals surface area contributed by atoms with Crippen molar-refractivity contribution in [3.8, 4) is 0 Å². The fraction of sp³-hybridized carbons (Fsp3) is 0.622. The first kappa shape index (κ1) is 35.3. The number of hydrogen-bond acceptors (Lipinski definition) is 6. The molecular weight excluding hydrogens is 592 g/mol. The molecule has 1 saturated heterocycles. The summed E-state index contributed by atoms with van der Waals surface area (Å²) in [5.74, 6) is 0.907. The molecular formula is C37H53ClO5S. The maximum absolute atomic E-state index is 6.81. The number of halogens is 1. The molecule has 0 radical (unpaired) electrons. The quantitative estimate of drug-likeness (QED) is 0.114. The molecule has 244 valence electrons. The maximum Gasteiger partial charge on any atom is 0.134 e. The van der Waals surface area contributed by atoms with Gasteiger partial charge in [-0.05, 0) is 55.0 Å². The summed E-state index contributed by atoms with van der Waals surface area (Å²) in [6, 6.07) is 16.7. The van der Waals surface area contributed by atoms with Gasteiger partial charge in [-0.3, -0.25) is 0 Å². The SMILES string of the molecule is CCCCOC[C@H]1S[C@@H](c2ccc(Cl)c(Cc3cc4ccccc4o3)c2)[C@H](OCCCC)[C@@H](OCCCC)[C@@H]1OCCCC. The number of thioether (sulfide) groups is 1. The van der Waals surface area contributed by atoms with E-state index in [1.165, 1.54) is 5.56 Å². The normalized spacial score (nSPS) is 22.2. The van der Waals surface area contributed by atoms with Crippen LogP contribution in [0.4, 0.5) is 0 Å². The highest BCUT2D eigenvalue weighted by Gasteiger charge is 2.48. The molecule has 0 aliphatic carbocycles. The third-order valence-corrected chi connectivity index (χ3v) is 10.2. The number of benzene rings is 2. The monoisotopic (exact) mass is 644 g/mol. The molecule has 3 aromatic rings. The van der Waals surface area contributed by atoms with Gasteiger partial charge in [-0.15, -0.1) is 11.8 Å². The van der Waals surface area contributed by atoms with Crippen LogP contribution in [0.2, 0.25) is 5.02 Å². The van der Waals surface area contributed by atoms with Gasteiger partial charge in [0.1, 0.15) is 29.7 Å². The third-order valence-electron chi connectivity index (χ3n) is 8.22. The van der Waals surface area contributed by atoms with Gasteiger partial charge in [0, 0.05) is 43.3 Å². The molecule has 1 fully saturated rings. The summed E-state index contributed by atoms with van der Waals surface area (Å²) in [6.07, 6.45) is 8.68. The molecule has 5 atom stereocenters. The van der Waals surface area contributed by atoms with E-state index in [9.17, 15) is 0 Å². The Balaban J connectivity index is 1.67. The molecule has 2 aromatic carbocycles. The molecule has 0 unspecified atom stereocenters. The summed E-state index contributed by atoms with van der Waals surface area (Å²) >= 11 is 8.73. The minimum Gasteiger partial charge on any atom is -0.461 e. The van der Waals surface area contributed by atoms with Crippen LogP contribution in [0.25, 0.3) is 11.0 Å². The molecule has 0 amide bonds. The molecule has 1 aromatic heterocycles. The second-order valence-electron chi connectivity index (χ2n) is 11.9. The van der Waals surface area contributed by atoms with Gasteiger partial charge in [0.05, 0.1) is 17.1 Å². The van der Waals surface area contributed by atoms with Crippen LogP contribution < -0.4 is 0 Å². The van der Waals surface area contributed by atoms with Crippen LogP contribution in [0.3, 0.4) is 0 Å². The summed E-state index contributed by atoms with van der Waals surface area (Å²) < 4.78 is 32.6. The molecule has 5 nitrogen and oxygen atoms in total. The van der Waals surface area contributed by atoms with Gasteiger partial charge in [-0.2, -0.15) is 0 Å². The van der Waals surface area contributed by atoms with Crippen molar-refractivity contribution in [3.63, 3.8) is 0 Å². The van der Waals surface area contributed by atoms with Crippen molar-refractivity contribution in [3.05, 3.63) is 70.4 Å². The summed E-state index contributed by atoms with van der Waals surface area (Å²) in [7, 11) is 0. The molecule has 0 bridgehead atoms. The molecule has 4 rings (SSSR count). The minimum absolute atomic E-state index is 0.0518. The average Bonchev–Trinajstić information content (AvgIpc) is 3.44. The van der Waals surface area contributed by atoms with E-state index in [1.807, 2.05) is 36.0 Å². The number of hydrogen-bond donors (Lipinski definition) is 0. The van der Waals surface area contributed by atoms with Gasteiger partial charge >= 0.3 is 0 Å². The van der Waals surface area contributed by atoms with Crippen LogP contribution in [0.15, 0.2) is 52.9 Å². The lowest BCUT2D eigenvalue weighted by atomic mass is 9.94. The summed E-state index contributed by atoms with van der Waals surface area (Å²) in [5, 5.41) is 2.03. The van der Waals surface area contributed by atoms with E-state index in [0.29, 0.717) is 26.2 Å². The first-order chi connectivity index (χ1) is 21.6. The van der Waals surface area contributed by atoms with Crippen LogP contribution in [0, 0.1) is 0 Å². The Morgan fingerprint density at radius 1 is 0.727 bits per heavy atom. The van der Waals surface area contributed by atoms with E-state index < -0.39 is 0 Å². The van der Waals surface area contributed by atoms with Crippen LogP contribution in [-0.2, 0) is 25.4 Å². The second kappa shape index (κ2) is 19.2. The van der Waals surface area contributed by atoms with Gasteiger partial charge in [0.15, 0.2) is 0 Å². The number of ether oxygens (including phenoxy) is 4. The highest BCUT2D eigenvalue weighted by molar-refractivity contribution is 8.00. The topological polar surface area (TPSA) is 50.1 Å². The van der Waals surface area contributed by atoms with Gasteiger partial charge in [-0.1, -0.05) is 95.3 Å². The van der Waals surface area contributed by atoms with E-state index in [2.05, 4.69) is 52.0 Å². The van der Waals surface area contributed by atoms with Crippen molar-refractivity contribution in [1.29, 1.82) is 0 Å². The molecule has 2 heterocycles. The van der Waals surface area contributed by atoms with Crippen molar-refractivity contribution in [2.24, 2.45) is 0 Å². The third kappa shape index (κ3) is 9.98. The highest BCUT2D eigenvalue weighted by Crippen LogP contribution is 2.47. The highest BCUT2D eigenvalue weighted by atomic mass is 35.5. The number of rotatable bonds is 20. The predicted molar refractivity (Wildman–Crippen MR) is 184 cm³/mol. The molecule has 0 spiro atoms. The van der Waals surface area contributed by atoms with Crippen molar-refractivity contribution >= 4 is 34.3 Å². The van der Waals surface area contributed by atoms with E-state index >= 15 is 0 Å². The Kier molecular flexibility index (Phi) is 15.4. The lowest BCUT2D eigenvalue weighted by molar-refractivity contribution is -0.149. The summed E-state index contributed by atoms with van der Waals surface area (Å²) in [6.45, 7) is 12.3. The number of unbranched alkanes of at least 4 members (excludes halogenated alkanes) is 4. The molecule has 0 N–H and O–H groups in total. The Labute approximate surface area is 274 Å². The lowest BCUT2D eigenvalue weighted by Gasteiger charge is -2.46. The van der Waals surface area contributed by atoms with E-state index in [0.717, 1.165) is 91.9 Å². The second-order valence-corrected chi connectivity index (χ2v) is 13.7. The van der Waals surface area contributed by atoms with Crippen molar-refractivity contribution < 1.29 is 23.4 Å². The van der Waals surface area contributed by atoms with Gasteiger partial charge in [0.2, 0.25) is 0 Å². The lowest BCUT2D eigenvalue weighted by Crippen LogP contribution is -2.55. The standard InChI is InChI=1S/C37H53ClO5S/c1-5-9-19-39-26-33-34(40-20-10-6-2)35(41-21-11-7-3)36(42-22-12-8-4)37(44-33)28-17-18-31(38)29(23-28)25-30-24-27-15-13-14-16-32(27)43-30/h13-18,23-24,33-37H,5-12,19-22,25-26H2,1-4H3/t33-,34-,35+,36-,37+/m1/s1. The van der Waals surface area contributed by atoms with E-state index in [1.54, 1.807) is 0 Å². The van der Waals surface area contributed by atoms with Crippen molar-refractivity contribution in [2.75, 3.05) is 33.0 Å². The summed E-state index contributed by atoms with van der Waals surface area (Å²) in [4.78, 5) is 0. The Bertz CT molecular complexity index is 1200. The zero-order valence-electron chi connectivity index (χ0n) is 27.2. The predicted octanol–water partition coefficient (Wildman–Crippen LogP) is 10.2. The number of para-hydroxylation sites is 1. The van der Waals surface area contributed by atoms with Crippen molar-refractivity contribution in [2.45, 2.75) is 114 Å². The zero-order chi connectivity index (χ0) is 31.1. The smallest absolute Gasteiger partial charge is 0.134 e. The average molecular weight is 645 g/mol. The molecule has 0 saturated carbocycles. The fourth-order valence-corrected chi connectivity index (χ4v) is 7.46. The van der Waals surface area contributed by atoms with Crippen LogP contribution in [0.1, 0.15) is 101 Å². The first-order valence-corrected chi connectivity index (χ1v) is 18.2. The van der Waals surface area contributed by atoms with E-state index in [4.69, 9.17) is 35.0 Å².